The number of likely N-dealkylation sites (N-methyl/N-ethyl adjacent to an activating group) is 1. The lowest BCUT2D eigenvalue weighted by atomic mass is 9.89. The first-order chi connectivity index (χ1) is 18.2. The van der Waals surface area contributed by atoms with Gasteiger partial charge in [-0.25, -0.2) is 4.79 Å². The highest BCUT2D eigenvalue weighted by atomic mass is 35.5. The number of aromatic nitrogens is 1. The van der Waals surface area contributed by atoms with Gasteiger partial charge in [-0.2, -0.15) is 4.57 Å². The van der Waals surface area contributed by atoms with E-state index in [1.165, 1.54) is 22.7 Å². The number of anilines is 1. The Hall–Kier alpha value is -3.01. The molecule has 2 aromatic heterocycles. The molecule has 0 atom stereocenters. The molecule has 0 radical (unpaired) electrons. The zero-order chi connectivity index (χ0) is 27.0. The molecular formula is C28H24Cl2N3O3S2+. The van der Waals surface area contributed by atoms with E-state index in [4.69, 9.17) is 23.2 Å². The van der Waals surface area contributed by atoms with Gasteiger partial charge in [0.1, 0.15) is 11.9 Å². The number of aromatic carboxylic acids is 1. The number of benzene rings is 2. The minimum Gasteiger partial charge on any atom is -0.477 e. The first kappa shape index (κ1) is 26.6. The van der Waals surface area contributed by atoms with Gasteiger partial charge in [-0.15, -0.1) is 11.3 Å². The Morgan fingerprint density at radius 1 is 1.05 bits per heavy atom. The van der Waals surface area contributed by atoms with Gasteiger partial charge in [0.2, 0.25) is 5.51 Å². The van der Waals surface area contributed by atoms with Crippen LogP contribution in [0.2, 0.25) is 10.0 Å². The second-order valence-corrected chi connectivity index (χ2v) is 11.7. The van der Waals surface area contributed by atoms with Gasteiger partial charge in [0, 0.05) is 39.3 Å². The van der Waals surface area contributed by atoms with Gasteiger partial charge in [0.25, 0.3) is 5.69 Å². The van der Waals surface area contributed by atoms with Gasteiger partial charge in [0.15, 0.2) is 0 Å². The summed E-state index contributed by atoms with van der Waals surface area (Å²) in [5, 5.41) is 15.9. The highest BCUT2D eigenvalue weighted by Crippen LogP contribution is 2.42. The SMILES string of the molecule is CN1CCC(c2cc(-c3ccc(NC(=O)c4csc[n+]4C)cc3)sc2C(=O)O)=C(c2ccc(Cl)cc2Cl)C1. The van der Waals surface area contributed by atoms with E-state index >= 15 is 0 Å². The predicted molar refractivity (Wildman–Crippen MR) is 156 cm³/mol. The third-order valence-corrected chi connectivity index (χ3v) is 9.00. The van der Waals surface area contributed by atoms with Gasteiger partial charge in [-0.3, -0.25) is 4.79 Å². The number of hydrogen-bond acceptors (Lipinski definition) is 5. The molecule has 0 spiro atoms. The van der Waals surface area contributed by atoms with Crippen molar-refractivity contribution in [1.29, 1.82) is 0 Å². The summed E-state index contributed by atoms with van der Waals surface area (Å²) in [7, 11) is 3.87. The van der Waals surface area contributed by atoms with Crippen molar-refractivity contribution in [3.8, 4) is 10.4 Å². The molecular weight excluding hydrogens is 561 g/mol. The number of amides is 1. The zero-order valence-electron chi connectivity index (χ0n) is 20.6. The molecule has 0 saturated carbocycles. The molecule has 194 valence electrons. The number of thiazole rings is 1. The largest absolute Gasteiger partial charge is 0.477 e. The third-order valence-electron chi connectivity index (χ3n) is 6.48. The smallest absolute Gasteiger partial charge is 0.346 e. The van der Waals surface area contributed by atoms with Crippen LogP contribution in [0.4, 0.5) is 5.69 Å². The van der Waals surface area contributed by atoms with Gasteiger partial charge < -0.3 is 15.3 Å². The number of carboxylic acids is 1. The number of hydrogen-bond donors (Lipinski definition) is 2. The molecule has 2 aromatic carbocycles. The number of thiophene rings is 1. The summed E-state index contributed by atoms with van der Waals surface area (Å²) in [6.07, 6.45) is 0.701. The maximum atomic E-state index is 12.5. The fourth-order valence-corrected chi connectivity index (χ4v) is 6.86. The number of rotatable bonds is 6. The third kappa shape index (κ3) is 5.41. The maximum Gasteiger partial charge on any atom is 0.346 e. The molecule has 0 bridgehead atoms. The summed E-state index contributed by atoms with van der Waals surface area (Å²) in [4.78, 5) is 28.2. The molecule has 0 unspecified atom stereocenters. The Balaban J connectivity index is 1.51. The first-order valence-corrected chi connectivity index (χ1v) is 14.3. The van der Waals surface area contributed by atoms with Crippen LogP contribution in [0.25, 0.3) is 21.6 Å². The molecule has 5 rings (SSSR count). The standard InChI is InChI=1S/C28H23Cl2N3O3S2/c1-32-10-9-19(22(13-32)20-8-5-17(29)11-23(20)30)21-12-25(38-26(21)28(35)36)16-3-6-18(7-4-16)31-27(34)24-14-37-15-33(24)2/h3-8,11-12,14-15H,9-10,13H2,1-2H3,(H-,31,34,35,36)/p+1. The minimum absolute atomic E-state index is 0.185. The second kappa shape index (κ2) is 11.0. The van der Waals surface area contributed by atoms with E-state index in [9.17, 15) is 14.7 Å². The normalized spacial score (nSPS) is 14.1. The molecule has 38 heavy (non-hydrogen) atoms. The van der Waals surface area contributed by atoms with Gasteiger partial charge in [0.05, 0.1) is 5.38 Å². The van der Waals surface area contributed by atoms with E-state index in [0.29, 0.717) is 44.8 Å². The van der Waals surface area contributed by atoms with E-state index in [2.05, 4.69) is 10.2 Å². The molecule has 1 amide bonds. The van der Waals surface area contributed by atoms with Crippen molar-refractivity contribution in [1.82, 2.24) is 4.90 Å². The summed E-state index contributed by atoms with van der Waals surface area (Å²) < 4.78 is 1.78. The molecule has 10 heteroatoms. The molecule has 3 heterocycles. The summed E-state index contributed by atoms with van der Waals surface area (Å²) >= 11 is 15.4. The lowest BCUT2D eigenvalue weighted by Gasteiger charge is -2.29. The first-order valence-electron chi connectivity index (χ1n) is 11.8. The second-order valence-electron chi connectivity index (χ2n) is 9.11. The average Bonchev–Trinajstić information content (AvgIpc) is 3.51. The van der Waals surface area contributed by atoms with Crippen molar-refractivity contribution in [3.63, 3.8) is 0 Å². The van der Waals surface area contributed by atoms with E-state index in [1.807, 2.05) is 56.0 Å². The topological polar surface area (TPSA) is 73.5 Å². The quantitative estimate of drug-likeness (QED) is 0.244. The molecule has 0 saturated heterocycles. The van der Waals surface area contributed by atoms with Crippen molar-refractivity contribution in [2.45, 2.75) is 6.42 Å². The molecule has 1 aliphatic rings. The van der Waals surface area contributed by atoms with Crippen LogP contribution in [-0.4, -0.2) is 42.0 Å². The Morgan fingerprint density at radius 3 is 2.47 bits per heavy atom. The Morgan fingerprint density at radius 2 is 1.82 bits per heavy atom. The molecule has 2 N–H and O–H groups in total. The van der Waals surface area contributed by atoms with Crippen LogP contribution in [-0.2, 0) is 7.05 Å². The maximum absolute atomic E-state index is 12.5. The Labute approximate surface area is 238 Å². The molecule has 1 aliphatic heterocycles. The Bertz CT molecular complexity index is 1570. The number of carboxylic acid groups (broad SMARTS) is 1. The van der Waals surface area contributed by atoms with Crippen LogP contribution < -0.4 is 9.88 Å². The highest BCUT2D eigenvalue weighted by molar-refractivity contribution is 7.17. The van der Waals surface area contributed by atoms with Crippen molar-refractivity contribution in [3.05, 3.63) is 91.2 Å². The van der Waals surface area contributed by atoms with E-state index < -0.39 is 5.97 Å². The number of nitrogens with one attached hydrogen (secondary N) is 1. The van der Waals surface area contributed by atoms with Crippen LogP contribution in [0, 0.1) is 0 Å². The number of carbonyl (C=O) groups is 2. The lowest BCUT2D eigenvalue weighted by Crippen LogP contribution is -2.34. The van der Waals surface area contributed by atoms with Gasteiger partial charge >= 0.3 is 11.9 Å². The predicted octanol–water partition coefficient (Wildman–Crippen LogP) is 6.80. The van der Waals surface area contributed by atoms with Crippen molar-refractivity contribution < 1.29 is 19.3 Å². The minimum atomic E-state index is -0.961. The summed E-state index contributed by atoms with van der Waals surface area (Å²) in [5.41, 5.74) is 7.55. The molecule has 0 fully saturated rings. The van der Waals surface area contributed by atoms with Crippen LogP contribution in [0.3, 0.4) is 0 Å². The van der Waals surface area contributed by atoms with Crippen LogP contribution in [0.1, 0.15) is 37.7 Å². The van der Waals surface area contributed by atoms with Crippen molar-refractivity contribution in [2.75, 3.05) is 25.5 Å². The average molecular weight is 586 g/mol. The fourth-order valence-electron chi connectivity index (χ4n) is 4.55. The lowest BCUT2D eigenvalue weighted by molar-refractivity contribution is -0.668. The van der Waals surface area contributed by atoms with E-state index in [-0.39, 0.29) is 5.91 Å². The molecule has 0 aliphatic carbocycles. The summed E-state index contributed by atoms with van der Waals surface area (Å²) in [6.45, 7) is 1.46. The number of carbonyl (C=O) groups excluding carboxylic acids is 1. The highest BCUT2D eigenvalue weighted by Gasteiger charge is 2.26. The fraction of sp³-hybridized carbons (Fsp3) is 0.179. The zero-order valence-corrected chi connectivity index (χ0v) is 23.8. The van der Waals surface area contributed by atoms with Gasteiger partial charge in [-0.1, -0.05) is 52.7 Å². The van der Waals surface area contributed by atoms with Crippen molar-refractivity contribution in [2.24, 2.45) is 7.05 Å². The van der Waals surface area contributed by atoms with Crippen LogP contribution in [0.5, 0.6) is 0 Å². The number of nitrogens with zero attached hydrogens (tertiary/aromatic N) is 2. The molecule has 4 aromatic rings. The van der Waals surface area contributed by atoms with Crippen LogP contribution >= 0.6 is 45.9 Å². The summed E-state index contributed by atoms with van der Waals surface area (Å²) in [6, 6.07) is 14.8. The van der Waals surface area contributed by atoms with Gasteiger partial charge in [-0.05, 0) is 66.1 Å². The monoisotopic (exact) mass is 584 g/mol. The van der Waals surface area contributed by atoms with Crippen LogP contribution in [0.15, 0.2) is 59.4 Å². The number of aryl methyl sites for hydroxylation is 1. The summed E-state index contributed by atoms with van der Waals surface area (Å²) in [5.74, 6) is -1.15. The Kier molecular flexibility index (Phi) is 7.70. The molecule has 6 nitrogen and oxygen atoms in total. The van der Waals surface area contributed by atoms with Crippen molar-refractivity contribution >= 4 is 74.6 Å². The number of halogens is 2. The van der Waals surface area contributed by atoms with E-state index in [1.54, 1.807) is 22.1 Å². The van der Waals surface area contributed by atoms with E-state index in [0.717, 1.165) is 33.7 Å².